The number of ether oxygens (including phenoxy) is 3. The Balaban J connectivity index is 1.08. The third-order valence-corrected chi connectivity index (χ3v) is 11.0. The number of carbonyl (C=O) groups is 6. The summed E-state index contributed by atoms with van der Waals surface area (Å²) in [5, 5.41) is 22.5. The molecule has 6 N–H and O–H groups in total. The molecule has 6 rings (SSSR count). The van der Waals surface area contributed by atoms with Crippen molar-refractivity contribution in [3.05, 3.63) is 119 Å². The first-order valence-corrected chi connectivity index (χ1v) is 21.2. The number of hydrogen-bond donors (Lipinski definition) is 6. The molecular formula is C48H55N5O10. The number of fused-ring (bicyclic) bond motifs is 6. The number of carboxylic acid groups (broad SMARTS) is 1. The third kappa shape index (κ3) is 11.9. The van der Waals surface area contributed by atoms with Gasteiger partial charge < -0.3 is 45.9 Å². The van der Waals surface area contributed by atoms with Crippen molar-refractivity contribution in [2.75, 3.05) is 39.4 Å². The molecule has 63 heavy (non-hydrogen) atoms. The highest BCUT2D eigenvalue weighted by Gasteiger charge is 2.39. The van der Waals surface area contributed by atoms with Crippen molar-refractivity contribution >= 4 is 36.1 Å². The predicted molar refractivity (Wildman–Crippen MR) is 235 cm³/mol. The Morgan fingerprint density at radius 3 is 1.37 bits per heavy atom. The summed E-state index contributed by atoms with van der Waals surface area (Å²) in [5.74, 6) is -2.81. The molecule has 0 aromatic heterocycles. The van der Waals surface area contributed by atoms with E-state index in [0.717, 1.165) is 44.5 Å². The van der Waals surface area contributed by atoms with Crippen molar-refractivity contribution in [1.82, 2.24) is 26.6 Å². The Bertz CT molecular complexity index is 2100. The Hall–Kier alpha value is -6.90. The van der Waals surface area contributed by atoms with Crippen LogP contribution in [0.4, 0.5) is 14.4 Å². The molecule has 0 saturated carbocycles. The number of amides is 5. The van der Waals surface area contributed by atoms with Gasteiger partial charge in [0.15, 0.2) is 0 Å². The standard InChI is InChI=1S/C48H55N5O10/c1-47(2,3)63-46(60)52-28-41(54)53-48(43(57)49-27-22-42(55)56,23-12-25-50-44(58)61-29-39-35-18-8-4-14-31(35)32-15-5-9-19-36(32)39)24-13-26-51-45(59)62-30-40-37-20-10-6-16-33(37)34-17-7-11-21-38(34)40/h4-11,14-21,39-40H,12-13,22-30H2,1-3H3,(H,49,57)(H,50,58)(H,51,59)(H,52,60)(H,53,54)(H,55,56). The number of alkyl carbamates (subject to hydrolysis) is 3. The number of rotatable bonds is 19. The van der Waals surface area contributed by atoms with E-state index in [4.69, 9.17) is 14.2 Å². The van der Waals surface area contributed by atoms with Crippen molar-refractivity contribution in [3.63, 3.8) is 0 Å². The van der Waals surface area contributed by atoms with E-state index in [-0.39, 0.29) is 76.8 Å². The van der Waals surface area contributed by atoms with Gasteiger partial charge in [-0.2, -0.15) is 0 Å². The van der Waals surface area contributed by atoms with Gasteiger partial charge in [-0.1, -0.05) is 97.1 Å². The molecule has 0 bridgehead atoms. The van der Waals surface area contributed by atoms with E-state index in [9.17, 15) is 33.9 Å². The van der Waals surface area contributed by atoms with Crippen LogP contribution in [0.2, 0.25) is 0 Å². The summed E-state index contributed by atoms with van der Waals surface area (Å²) < 4.78 is 16.6. The average molecular weight is 862 g/mol. The van der Waals surface area contributed by atoms with Crippen LogP contribution < -0.4 is 26.6 Å². The molecule has 4 aromatic rings. The topological polar surface area (TPSA) is 210 Å². The number of benzene rings is 4. The fraction of sp³-hybridized carbons (Fsp3) is 0.375. The second kappa shape index (κ2) is 20.8. The van der Waals surface area contributed by atoms with E-state index in [1.165, 1.54) is 0 Å². The van der Waals surface area contributed by atoms with Crippen molar-refractivity contribution in [2.24, 2.45) is 0 Å². The minimum absolute atomic E-state index is 0.0152. The maximum absolute atomic E-state index is 14.0. The van der Waals surface area contributed by atoms with E-state index in [0.29, 0.717) is 0 Å². The minimum Gasteiger partial charge on any atom is -0.481 e. The zero-order chi connectivity index (χ0) is 45.0. The van der Waals surface area contributed by atoms with Crippen LogP contribution in [0.3, 0.4) is 0 Å². The lowest BCUT2D eigenvalue weighted by Gasteiger charge is -2.34. The smallest absolute Gasteiger partial charge is 0.408 e. The fourth-order valence-corrected chi connectivity index (χ4v) is 8.22. The van der Waals surface area contributed by atoms with Gasteiger partial charge in [0.05, 0.1) is 6.42 Å². The lowest BCUT2D eigenvalue weighted by molar-refractivity contribution is -0.137. The van der Waals surface area contributed by atoms with Crippen molar-refractivity contribution in [3.8, 4) is 22.3 Å². The highest BCUT2D eigenvalue weighted by Crippen LogP contribution is 2.45. The molecule has 4 aromatic carbocycles. The maximum atomic E-state index is 14.0. The number of carbonyl (C=O) groups excluding carboxylic acids is 5. The van der Waals surface area contributed by atoms with Crippen LogP contribution in [0, 0.1) is 0 Å². The molecule has 0 unspecified atom stereocenters. The highest BCUT2D eigenvalue weighted by molar-refractivity contribution is 5.93. The summed E-state index contributed by atoms with van der Waals surface area (Å²) in [7, 11) is 0. The highest BCUT2D eigenvalue weighted by atomic mass is 16.6. The molecular weight excluding hydrogens is 807 g/mol. The molecule has 5 amide bonds. The lowest BCUT2D eigenvalue weighted by Crippen LogP contribution is -2.61. The van der Waals surface area contributed by atoms with E-state index < -0.39 is 53.7 Å². The molecule has 0 saturated heterocycles. The SMILES string of the molecule is CC(C)(C)OC(=O)NCC(=O)NC(CCCNC(=O)OCC1c2ccccc2-c2ccccc21)(CCCNC(=O)OCC1c2ccccc2-c2ccccc21)C(=O)NCCC(=O)O. The van der Waals surface area contributed by atoms with Crippen LogP contribution in [0.25, 0.3) is 22.3 Å². The van der Waals surface area contributed by atoms with Gasteiger partial charge in [0.1, 0.15) is 30.9 Å². The molecule has 0 heterocycles. The molecule has 2 aliphatic carbocycles. The Kier molecular flexibility index (Phi) is 15.0. The Morgan fingerprint density at radius 2 is 0.968 bits per heavy atom. The largest absolute Gasteiger partial charge is 0.481 e. The van der Waals surface area contributed by atoms with Gasteiger partial charge in [-0.15, -0.1) is 0 Å². The fourth-order valence-electron chi connectivity index (χ4n) is 8.22. The van der Waals surface area contributed by atoms with Gasteiger partial charge in [-0.05, 0) is 91.0 Å². The quantitative estimate of drug-likeness (QED) is 0.0440. The number of aliphatic carboxylic acids is 1. The second-order valence-corrected chi connectivity index (χ2v) is 16.6. The summed E-state index contributed by atoms with van der Waals surface area (Å²) in [5.41, 5.74) is 6.16. The molecule has 0 fully saturated rings. The molecule has 0 spiro atoms. The van der Waals surface area contributed by atoms with Crippen molar-refractivity contribution in [1.29, 1.82) is 0 Å². The van der Waals surface area contributed by atoms with E-state index >= 15 is 0 Å². The number of nitrogens with one attached hydrogen (secondary N) is 5. The Morgan fingerprint density at radius 1 is 0.556 bits per heavy atom. The normalized spacial score (nSPS) is 12.7. The van der Waals surface area contributed by atoms with Crippen LogP contribution in [0.1, 0.15) is 87.0 Å². The summed E-state index contributed by atoms with van der Waals surface area (Å²) in [6.45, 7) is 4.59. The molecule has 0 atom stereocenters. The van der Waals surface area contributed by atoms with Crippen LogP contribution >= 0.6 is 0 Å². The average Bonchev–Trinajstić information content (AvgIpc) is 3.75. The van der Waals surface area contributed by atoms with E-state index in [1.54, 1.807) is 20.8 Å². The predicted octanol–water partition coefficient (Wildman–Crippen LogP) is 6.59. The van der Waals surface area contributed by atoms with Gasteiger partial charge in [0.25, 0.3) is 0 Å². The summed E-state index contributed by atoms with van der Waals surface area (Å²) in [6, 6.07) is 31.9. The Labute approximate surface area is 366 Å². The second-order valence-electron chi connectivity index (χ2n) is 16.6. The lowest BCUT2D eigenvalue weighted by atomic mass is 9.86. The van der Waals surface area contributed by atoms with E-state index in [1.807, 2.05) is 97.1 Å². The third-order valence-electron chi connectivity index (χ3n) is 11.0. The summed E-state index contributed by atoms with van der Waals surface area (Å²) >= 11 is 0. The van der Waals surface area contributed by atoms with E-state index in [2.05, 4.69) is 26.6 Å². The zero-order valence-electron chi connectivity index (χ0n) is 35.8. The molecule has 15 nitrogen and oxygen atoms in total. The first-order valence-electron chi connectivity index (χ1n) is 21.2. The van der Waals surface area contributed by atoms with Crippen molar-refractivity contribution < 1.29 is 48.1 Å². The summed E-state index contributed by atoms with van der Waals surface area (Å²) in [4.78, 5) is 77.2. The van der Waals surface area contributed by atoms with Gasteiger partial charge in [0.2, 0.25) is 11.8 Å². The van der Waals surface area contributed by atoms with Crippen LogP contribution in [-0.4, -0.2) is 91.7 Å². The van der Waals surface area contributed by atoms with Crippen molar-refractivity contribution in [2.45, 2.75) is 75.9 Å². The van der Waals surface area contributed by atoms with Gasteiger partial charge >= 0.3 is 24.2 Å². The molecule has 0 radical (unpaired) electrons. The molecule has 2 aliphatic rings. The first-order chi connectivity index (χ1) is 30.2. The van der Waals surface area contributed by atoms with Gasteiger partial charge in [0, 0.05) is 31.5 Å². The van der Waals surface area contributed by atoms with Gasteiger partial charge in [-0.3, -0.25) is 14.4 Å². The zero-order valence-corrected chi connectivity index (χ0v) is 35.8. The van der Waals surface area contributed by atoms with Crippen LogP contribution in [0.5, 0.6) is 0 Å². The molecule has 0 aliphatic heterocycles. The number of carboxylic acids is 1. The number of hydrogen-bond acceptors (Lipinski definition) is 9. The van der Waals surface area contributed by atoms with Gasteiger partial charge in [-0.25, -0.2) is 14.4 Å². The van der Waals surface area contributed by atoms with Crippen LogP contribution in [0.15, 0.2) is 97.1 Å². The molecule has 15 heteroatoms. The summed E-state index contributed by atoms with van der Waals surface area (Å²) in [6.07, 6.45) is -2.21. The monoisotopic (exact) mass is 861 g/mol. The first kappa shape index (κ1) is 45.6. The maximum Gasteiger partial charge on any atom is 0.408 e. The molecule has 332 valence electrons. The minimum atomic E-state index is -1.66. The van der Waals surface area contributed by atoms with Crippen LogP contribution in [-0.2, 0) is 28.6 Å².